The first-order valence-corrected chi connectivity index (χ1v) is 7.67. The molecule has 0 saturated heterocycles. The average molecular weight is 303 g/mol. The lowest BCUT2D eigenvalue weighted by Crippen LogP contribution is -2.26. The van der Waals surface area contributed by atoms with Crippen LogP contribution in [0.3, 0.4) is 0 Å². The van der Waals surface area contributed by atoms with Crippen LogP contribution >= 0.6 is 11.9 Å². The summed E-state index contributed by atoms with van der Waals surface area (Å²) in [5.74, 6) is -0.268. The van der Waals surface area contributed by atoms with Crippen LogP contribution in [0.5, 0.6) is 0 Å². The fourth-order valence-electron chi connectivity index (χ4n) is 2.90. The summed E-state index contributed by atoms with van der Waals surface area (Å²) in [5, 5.41) is 5.45. The molecule has 2 aliphatic heterocycles. The number of benzene rings is 1. The SMILES string of the molecule is C=CN1CC2=C(C1)CN(C(=C)c1ccc(SN)cc1F)C2. The maximum absolute atomic E-state index is 14.2. The summed E-state index contributed by atoms with van der Waals surface area (Å²) in [6.45, 7) is 11.4. The highest BCUT2D eigenvalue weighted by Gasteiger charge is 2.29. The molecule has 0 fully saturated rings. The summed E-state index contributed by atoms with van der Waals surface area (Å²) in [6.07, 6.45) is 1.88. The molecule has 2 N–H and O–H groups in total. The molecule has 21 heavy (non-hydrogen) atoms. The molecule has 0 aromatic heterocycles. The zero-order valence-electron chi connectivity index (χ0n) is 11.8. The molecule has 1 aromatic rings. The van der Waals surface area contributed by atoms with Crippen LogP contribution in [-0.2, 0) is 0 Å². The molecular weight excluding hydrogens is 285 g/mol. The Kier molecular flexibility index (Phi) is 3.78. The molecule has 0 spiro atoms. The molecule has 1 aromatic carbocycles. The van der Waals surface area contributed by atoms with E-state index in [1.165, 1.54) is 17.2 Å². The Labute approximate surface area is 128 Å². The van der Waals surface area contributed by atoms with Gasteiger partial charge in [0.05, 0.1) is 0 Å². The van der Waals surface area contributed by atoms with E-state index in [1.807, 2.05) is 12.3 Å². The van der Waals surface area contributed by atoms with Gasteiger partial charge in [-0.1, -0.05) is 13.2 Å². The van der Waals surface area contributed by atoms with Gasteiger partial charge in [0.2, 0.25) is 0 Å². The predicted octanol–water partition coefficient (Wildman–Crippen LogP) is 2.83. The fraction of sp³-hybridized carbons (Fsp3) is 0.250. The maximum atomic E-state index is 14.2. The van der Waals surface area contributed by atoms with Gasteiger partial charge >= 0.3 is 0 Å². The van der Waals surface area contributed by atoms with Gasteiger partial charge in [-0.15, -0.1) is 0 Å². The minimum absolute atomic E-state index is 0.268. The molecular formula is C16H18FN3S. The van der Waals surface area contributed by atoms with E-state index in [4.69, 9.17) is 5.14 Å². The predicted molar refractivity (Wildman–Crippen MR) is 85.8 cm³/mol. The first kappa shape index (κ1) is 14.2. The van der Waals surface area contributed by atoms with Crippen molar-refractivity contribution >= 4 is 17.6 Å². The number of nitrogens with zero attached hydrogens (tertiary/aromatic N) is 2. The largest absolute Gasteiger partial charge is 0.370 e. The van der Waals surface area contributed by atoms with Gasteiger partial charge in [-0.05, 0) is 47.5 Å². The molecule has 5 heteroatoms. The van der Waals surface area contributed by atoms with Crippen molar-refractivity contribution in [1.29, 1.82) is 0 Å². The van der Waals surface area contributed by atoms with Gasteiger partial charge < -0.3 is 9.80 Å². The summed E-state index contributed by atoms with van der Waals surface area (Å²) in [5.41, 5.74) is 4.10. The lowest BCUT2D eigenvalue weighted by molar-refractivity contribution is 0.414. The van der Waals surface area contributed by atoms with Crippen molar-refractivity contribution in [3.8, 4) is 0 Å². The third-order valence-electron chi connectivity index (χ3n) is 4.08. The van der Waals surface area contributed by atoms with Crippen molar-refractivity contribution in [2.75, 3.05) is 26.2 Å². The molecule has 0 amide bonds. The third-order valence-corrected chi connectivity index (χ3v) is 4.60. The molecule has 0 bridgehead atoms. The Hall–Kier alpha value is -1.72. The van der Waals surface area contributed by atoms with Crippen LogP contribution in [0.25, 0.3) is 5.70 Å². The maximum Gasteiger partial charge on any atom is 0.133 e. The molecule has 110 valence electrons. The Morgan fingerprint density at radius 2 is 1.90 bits per heavy atom. The lowest BCUT2D eigenvalue weighted by Gasteiger charge is -2.25. The number of rotatable bonds is 4. The molecule has 2 heterocycles. The molecule has 0 saturated carbocycles. The van der Waals surface area contributed by atoms with E-state index in [1.54, 1.807) is 6.07 Å². The Morgan fingerprint density at radius 3 is 2.43 bits per heavy atom. The highest BCUT2D eigenvalue weighted by molar-refractivity contribution is 7.97. The number of hydrogen-bond acceptors (Lipinski definition) is 4. The Balaban J connectivity index is 1.73. The van der Waals surface area contributed by atoms with Crippen molar-refractivity contribution in [2.45, 2.75) is 4.90 Å². The van der Waals surface area contributed by atoms with E-state index >= 15 is 0 Å². The molecule has 0 atom stereocenters. The zero-order chi connectivity index (χ0) is 15.0. The molecule has 0 radical (unpaired) electrons. The summed E-state index contributed by atoms with van der Waals surface area (Å²) in [6, 6.07) is 5.04. The van der Waals surface area contributed by atoms with Crippen LogP contribution in [0.15, 0.2) is 53.6 Å². The van der Waals surface area contributed by atoms with E-state index < -0.39 is 0 Å². The lowest BCUT2D eigenvalue weighted by atomic mass is 10.1. The van der Waals surface area contributed by atoms with Gasteiger partial charge in [0.25, 0.3) is 0 Å². The summed E-state index contributed by atoms with van der Waals surface area (Å²) in [4.78, 5) is 5.05. The van der Waals surface area contributed by atoms with Crippen LogP contribution in [0.4, 0.5) is 4.39 Å². The minimum atomic E-state index is -0.268. The second kappa shape index (κ2) is 5.58. The topological polar surface area (TPSA) is 32.5 Å². The third kappa shape index (κ3) is 2.59. The molecule has 0 aliphatic carbocycles. The van der Waals surface area contributed by atoms with Crippen molar-refractivity contribution < 1.29 is 4.39 Å². The Morgan fingerprint density at radius 1 is 1.24 bits per heavy atom. The minimum Gasteiger partial charge on any atom is -0.370 e. The van der Waals surface area contributed by atoms with E-state index in [0.29, 0.717) is 10.5 Å². The first-order chi connectivity index (χ1) is 10.1. The Bertz CT molecular complexity index is 620. The summed E-state index contributed by atoms with van der Waals surface area (Å²) < 4.78 is 14.2. The van der Waals surface area contributed by atoms with Crippen LogP contribution in [0.2, 0.25) is 0 Å². The highest BCUT2D eigenvalue weighted by Crippen LogP contribution is 2.32. The standard InChI is InChI=1S/C16H18FN3S/c1-3-19-7-12-9-20(10-13(12)8-19)11(2)15-5-4-14(21-18)6-16(15)17/h3-6H,1-2,7-10,18H2. The average Bonchev–Trinajstić information content (AvgIpc) is 3.04. The van der Waals surface area contributed by atoms with Crippen molar-refractivity contribution in [3.05, 3.63) is 60.1 Å². The van der Waals surface area contributed by atoms with Gasteiger partial charge in [-0.3, -0.25) is 5.14 Å². The van der Waals surface area contributed by atoms with Gasteiger partial charge in [0.15, 0.2) is 0 Å². The van der Waals surface area contributed by atoms with E-state index in [2.05, 4.69) is 23.0 Å². The number of hydrogen-bond donors (Lipinski definition) is 1. The van der Waals surface area contributed by atoms with Gasteiger partial charge in [-0.25, -0.2) is 4.39 Å². The van der Waals surface area contributed by atoms with Crippen LogP contribution in [0.1, 0.15) is 5.56 Å². The second-order valence-corrected chi connectivity index (χ2v) is 6.06. The number of nitrogens with two attached hydrogens (primary N) is 1. The summed E-state index contributed by atoms with van der Waals surface area (Å²) in [7, 11) is 0. The molecule has 3 rings (SSSR count). The van der Waals surface area contributed by atoms with E-state index in [0.717, 1.165) is 43.8 Å². The van der Waals surface area contributed by atoms with Gasteiger partial charge in [-0.2, -0.15) is 0 Å². The van der Waals surface area contributed by atoms with Crippen molar-refractivity contribution in [2.24, 2.45) is 5.14 Å². The number of halogens is 1. The van der Waals surface area contributed by atoms with Crippen LogP contribution in [-0.4, -0.2) is 36.0 Å². The quantitative estimate of drug-likeness (QED) is 0.685. The molecule has 2 aliphatic rings. The van der Waals surface area contributed by atoms with Gasteiger partial charge in [0, 0.05) is 42.3 Å². The fourth-order valence-corrected chi connectivity index (χ4v) is 3.22. The monoisotopic (exact) mass is 303 g/mol. The van der Waals surface area contributed by atoms with Crippen molar-refractivity contribution in [3.63, 3.8) is 0 Å². The van der Waals surface area contributed by atoms with Crippen LogP contribution < -0.4 is 5.14 Å². The zero-order valence-corrected chi connectivity index (χ0v) is 12.6. The summed E-state index contributed by atoms with van der Waals surface area (Å²) >= 11 is 1.05. The smallest absolute Gasteiger partial charge is 0.133 e. The van der Waals surface area contributed by atoms with E-state index in [-0.39, 0.29) is 5.82 Å². The normalized spacial score (nSPS) is 17.4. The highest BCUT2D eigenvalue weighted by atomic mass is 32.2. The van der Waals surface area contributed by atoms with Crippen molar-refractivity contribution in [1.82, 2.24) is 9.80 Å². The van der Waals surface area contributed by atoms with Gasteiger partial charge in [0.1, 0.15) is 5.82 Å². The molecule has 3 nitrogen and oxygen atoms in total. The molecule has 0 unspecified atom stereocenters. The first-order valence-electron chi connectivity index (χ1n) is 6.79. The second-order valence-electron chi connectivity index (χ2n) is 5.36. The van der Waals surface area contributed by atoms with Crippen LogP contribution in [0, 0.1) is 5.82 Å². The van der Waals surface area contributed by atoms with E-state index in [9.17, 15) is 4.39 Å².